The van der Waals surface area contributed by atoms with Crippen molar-refractivity contribution < 1.29 is 19.2 Å². The zero-order chi connectivity index (χ0) is 21.0. The highest BCUT2D eigenvalue weighted by Crippen LogP contribution is 2.67. The van der Waals surface area contributed by atoms with Gasteiger partial charge in [-0.05, 0) is 85.9 Å². The minimum atomic E-state index is -0.241. The Morgan fingerprint density at radius 3 is 2.48 bits per heavy atom. The molecule has 4 rings (SSSR count). The van der Waals surface area contributed by atoms with Crippen molar-refractivity contribution in [3.05, 3.63) is 11.6 Å². The summed E-state index contributed by atoms with van der Waals surface area (Å²) in [5.41, 5.74) is 1.70. The molecule has 0 spiro atoms. The van der Waals surface area contributed by atoms with E-state index in [1.807, 2.05) is 6.92 Å². The molecule has 2 unspecified atom stereocenters. The fraction of sp³-hybridized carbons (Fsp3) is 0.760. The highest BCUT2D eigenvalue weighted by Gasteiger charge is 2.59. The number of allylic oxidation sites excluding steroid dienone is 2. The van der Waals surface area contributed by atoms with Gasteiger partial charge in [-0.25, -0.2) is 0 Å². The van der Waals surface area contributed by atoms with Crippen LogP contribution < -0.4 is 0 Å². The third-order valence-electron chi connectivity index (χ3n) is 9.86. The Labute approximate surface area is 173 Å². The molecule has 8 atom stereocenters. The molecule has 0 bridgehead atoms. The minimum Gasteiger partial charge on any atom is -0.295 e. The number of aldehydes is 2. The maximum Gasteiger partial charge on any atom is 0.198 e. The van der Waals surface area contributed by atoms with Crippen molar-refractivity contribution in [1.29, 1.82) is 0 Å². The van der Waals surface area contributed by atoms with Crippen LogP contribution in [0.25, 0.3) is 0 Å². The Balaban J connectivity index is 1.59. The van der Waals surface area contributed by atoms with Crippen LogP contribution in [0.5, 0.6) is 0 Å². The summed E-state index contributed by atoms with van der Waals surface area (Å²) in [4.78, 5) is 46.1. The molecule has 0 aromatic heterocycles. The predicted molar refractivity (Wildman–Crippen MR) is 110 cm³/mol. The third-order valence-corrected chi connectivity index (χ3v) is 9.86. The highest BCUT2D eigenvalue weighted by molar-refractivity contribution is 6.26. The van der Waals surface area contributed by atoms with Gasteiger partial charge in [0, 0.05) is 11.8 Å². The average molecular weight is 399 g/mol. The van der Waals surface area contributed by atoms with Gasteiger partial charge in [0.05, 0.1) is 0 Å². The second kappa shape index (κ2) is 7.28. The van der Waals surface area contributed by atoms with E-state index in [0.717, 1.165) is 51.4 Å². The van der Waals surface area contributed by atoms with Gasteiger partial charge in [-0.15, -0.1) is 0 Å². The summed E-state index contributed by atoms with van der Waals surface area (Å²) in [5, 5.41) is 0. The summed E-state index contributed by atoms with van der Waals surface area (Å²) in [6.45, 7) is 6.72. The van der Waals surface area contributed by atoms with Crippen LogP contribution in [-0.2, 0) is 19.2 Å². The molecule has 0 aromatic rings. The van der Waals surface area contributed by atoms with Gasteiger partial charge in [0.15, 0.2) is 24.1 Å². The van der Waals surface area contributed by atoms with Crippen LogP contribution in [0.15, 0.2) is 11.6 Å². The van der Waals surface area contributed by atoms with E-state index in [2.05, 4.69) is 19.9 Å². The normalized spacial score (nSPS) is 44.5. The molecule has 4 aliphatic carbocycles. The lowest BCUT2D eigenvalue weighted by Crippen LogP contribution is -2.51. The molecule has 0 aliphatic heterocycles. The first kappa shape index (κ1) is 20.7. The predicted octanol–water partition coefficient (Wildman–Crippen LogP) is 4.35. The van der Waals surface area contributed by atoms with E-state index in [1.54, 1.807) is 0 Å². The molecule has 0 saturated heterocycles. The fourth-order valence-electron chi connectivity index (χ4n) is 8.17. The Kier molecular flexibility index (Phi) is 5.19. The molecule has 158 valence electrons. The first-order valence-corrected chi connectivity index (χ1v) is 11.4. The van der Waals surface area contributed by atoms with Crippen LogP contribution in [-0.4, -0.2) is 24.1 Å². The maximum absolute atomic E-state index is 12.1. The van der Waals surface area contributed by atoms with Crippen molar-refractivity contribution in [3.63, 3.8) is 0 Å². The fourth-order valence-corrected chi connectivity index (χ4v) is 8.17. The zero-order valence-electron chi connectivity index (χ0n) is 18.0. The van der Waals surface area contributed by atoms with Crippen LogP contribution in [0.4, 0.5) is 0 Å². The van der Waals surface area contributed by atoms with E-state index < -0.39 is 0 Å². The number of hydrogen-bond acceptors (Lipinski definition) is 4. The quantitative estimate of drug-likeness (QED) is 0.392. The number of Topliss-reactive ketones (excluding diaryl/α,β-unsaturated/α-hetero) is 2. The van der Waals surface area contributed by atoms with Gasteiger partial charge in [0.1, 0.15) is 0 Å². The van der Waals surface area contributed by atoms with Crippen molar-refractivity contribution in [1.82, 2.24) is 0 Å². The molecular formula is C25H34O4. The second-order valence-corrected chi connectivity index (χ2v) is 10.8. The lowest BCUT2D eigenvalue weighted by Gasteiger charge is -2.58. The smallest absolute Gasteiger partial charge is 0.198 e. The number of carbonyl (C=O) groups is 4. The molecule has 4 aliphatic rings. The first-order valence-electron chi connectivity index (χ1n) is 11.4. The number of fused-ring (bicyclic) bond motifs is 5. The Bertz CT molecular complexity index is 767. The van der Waals surface area contributed by atoms with Gasteiger partial charge in [-0.3, -0.25) is 19.2 Å². The lowest BCUT2D eigenvalue weighted by molar-refractivity contribution is -0.135. The van der Waals surface area contributed by atoms with Crippen molar-refractivity contribution in [2.45, 2.75) is 72.1 Å². The number of carbonyl (C=O) groups excluding carboxylic acids is 4. The van der Waals surface area contributed by atoms with Gasteiger partial charge >= 0.3 is 0 Å². The molecule has 0 radical (unpaired) electrons. The van der Waals surface area contributed by atoms with Gasteiger partial charge in [-0.2, -0.15) is 0 Å². The van der Waals surface area contributed by atoms with E-state index in [0.29, 0.717) is 36.2 Å². The molecular weight excluding hydrogens is 364 g/mol. The minimum absolute atomic E-state index is 0.122. The summed E-state index contributed by atoms with van der Waals surface area (Å²) in [5.74, 6) is 1.40. The van der Waals surface area contributed by atoms with Crippen LogP contribution in [0.1, 0.15) is 72.1 Å². The SMILES string of the molecule is CC(C(=O)C=O)[C@H]1CC[C@H]2[C@@H]3CC=C4CC(C(=O)C=O)CC[C@]4(C)[C@H]3CC[C@]12C. The largest absolute Gasteiger partial charge is 0.295 e. The summed E-state index contributed by atoms with van der Waals surface area (Å²) in [6, 6.07) is 0. The van der Waals surface area contributed by atoms with Crippen molar-refractivity contribution in [3.8, 4) is 0 Å². The summed E-state index contributed by atoms with van der Waals surface area (Å²) >= 11 is 0. The molecule has 0 amide bonds. The van der Waals surface area contributed by atoms with Gasteiger partial charge in [0.2, 0.25) is 0 Å². The Morgan fingerprint density at radius 2 is 1.79 bits per heavy atom. The second-order valence-electron chi connectivity index (χ2n) is 10.8. The van der Waals surface area contributed by atoms with Crippen LogP contribution in [0.2, 0.25) is 0 Å². The van der Waals surface area contributed by atoms with Gasteiger partial charge in [0.25, 0.3) is 0 Å². The van der Waals surface area contributed by atoms with E-state index in [9.17, 15) is 19.2 Å². The molecule has 4 heteroatoms. The van der Waals surface area contributed by atoms with Crippen LogP contribution in [0.3, 0.4) is 0 Å². The van der Waals surface area contributed by atoms with E-state index >= 15 is 0 Å². The Hall–Kier alpha value is -1.58. The molecule has 0 heterocycles. The van der Waals surface area contributed by atoms with E-state index in [-0.39, 0.29) is 34.2 Å². The summed E-state index contributed by atoms with van der Waals surface area (Å²) in [7, 11) is 0. The topological polar surface area (TPSA) is 68.3 Å². The van der Waals surface area contributed by atoms with Gasteiger partial charge in [-0.1, -0.05) is 32.4 Å². The third kappa shape index (κ3) is 3.00. The zero-order valence-corrected chi connectivity index (χ0v) is 18.0. The van der Waals surface area contributed by atoms with Crippen molar-refractivity contribution in [2.75, 3.05) is 0 Å². The molecule has 29 heavy (non-hydrogen) atoms. The summed E-state index contributed by atoms with van der Waals surface area (Å²) in [6.07, 6.45) is 11.5. The Morgan fingerprint density at radius 1 is 1.03 bits per heavy atom. The molecule has 0 N–H and O–H groups in total. The maximum atomic E-state index is 12.1. The standard InChI is InChI=1S/C25H34O4/c1-15(22(28)13-26)19-6-7-20-18-5-4-17-12-16(23(29)14-27)8-10-24(17,2)21(18)9-11-25(19,20)3/h4,13-16,18-21H,5-12H2,1-3H3/t15?,16?,18-,19+,20-,21-,24-,25+/m0/s1. The summed E-state index contributed by atoms with van der Waals surface area (Å²) < 4.78 is 0. The highest BCUT2D eigenvalue weighted by atomic mass is 16.2. The van der Waals surface area contributed by atoms with Crippen molar-refractivity contribution in [2.24, 2.45) is 46.3 Å². The van der Waals surface area contributed by atoms with Gasteiger partial charge < -0.3 is 0 Å². The lowest BCUT2D eigenvalue weighted by atomic mass is 9.46. The van der Waals surface area contributed by atoms with Crippen molar-refractivity contribution >= 4 is 24.1 Å². The molecule has 4 nitrogen and oxygen atoms in total. The number of rotatable bonds is 5. The monoisotopic (exact) mass is 398 g/mol. The average Bonchev–Trinajstić information content (AvgIpc) is 3.08. The number of hydrogen-bond donors (Lipinski definition) is 0. The molecule has 3 saturated carbocycles. The number of ketones is 2. The molecule has 3 fully saturated rings. The van der Waals surface area contributed by atoms with E-state index in [1.165, 1.54) is 5.57 Å². The van der Waals surface area contributed by atoms with Crippen LogP contribution >= 0.6 is 0 Å². The van der Waals surface area contributed by atoms with E-state index in [4.69, 9.17) is 0 Å². The van der Waals surface area contributed by atoms with Crippen LogP contribution in [0, 0.1) is 46.3 Å². The first-order chi connectivity index (χ1) is 13.8. The molecule has 0 aromatic carbocycles.